The molecular formula is C24H28F2N4O3. The number of rotatable bonds is 8. The van der Waals surface area contributed by atoms with Crippen LogP contribution >= 0.6 is 0 Å². The summed E-state index contributed by atoms with van der Waals surface area (Å²) in [5.41, 5.74) is 5.60. The van der Waals surface area contributed by atoms with Gasteiger partial charge in [0, 0.05) is 5.41 Å². The lowest BCUT2D eigenvalue weighted by Gasteiger charge is -2.57. The van der Waals surface area contributed by atoms with E-state index in [-0.39, 0.29) is 29.7 Å². The van der Waals surface area contributed by atoms with Crippen molar-refractivity contribution in [2.24, 2.45) is 33.9 Å². The molecule has 0 radical (unpaired) electrons. The molecular weight excluding hydrogens is 430 g/mol. The molecule has 2 unspecified atom stereocenters. The zero-order valence-electron chi connectivity index (χ0n) is 18.3. The van der Waals surface area contributed by atoms with Crippen LogP contribution in [0.4, 0.5) is 8.78 Å². The van der Waals surface area contributed by atoms with Gasteiger partial charge in [-0.15, -0.1) is 0 Å². The van der Waals surface area contributed by atoms with Gasteiger partial charge in [0.1, 0.15) is 17.2 Å². The van der Waals surface area contributed by atoms with Gasteiger partial charge in [-0.05, 0) is 80.4 Å². The average Bonchev–Trinajstić information content (AvgIpc) is 3.55. The molecule has 0 spiro atoms. The SMILES string of the molecule is N#CNC(=NC1C2CC3CC1CC(C(N)=O)(C3)C2)C1(OCc2ccc(OC(F)F)cc2)CC1. The smallest absolute Gasteiger partial charge is 0.387 e. The predicted molar refractivity (Wildman–Crippen MR) is 115 cm³/mol. The number of amidine groups is 1. The number of nitrogens with zero attached hydrogens (tertiary/aromatic N) is 2. The Hall–Kier alpha value is -2.73. The first kappa shape index (κ1) is 22.1. The molecule has 2 atom stereocenters. The van der Waals surface area contributed by atoms with Gasteiger partial charge in [-0.1, -0.05) is 12.1 Å². The molecule has 5 fully saturated rings. The molecule has 6 rings (SSSR count). The van der Waals surface area contributed by atoms with Gasteiger partial charge >= 0.3 is 6.61 Å². The third-order valence-corrected chi connectivity index (χ3v) is 8.00. The fraction of sp³-hybridized carbons (Fsp3) is 0.625. The minimum atomic E-state index is -2.86. The van der Waals surface area contributed by atoms with Crippen molar-refractivity contribution in [1.29, 1.82) is 5.26 Å². The number of nitrogens with two attached hydrogens (primary N) is 1. The minimum Gasteiger partial charge on any atom is -0.435 e. The average molecular weight is 459 g/mol. The van der Waals surface area contributed by atoms with E-state index < -0.39 is 12.2 Å². The zero-order valence-corrected chi connectivity index (χ0v) is 18.3. The number of carbonyl (C=O) groups is 1. The Balaban J connectivity index is 1.30. The number of hydrogen-bond acceptors (Lipinski definition) is 5. The van der Waals surface area contributed by atoms with Crippen molar-refractivity contribution in [2.45, 2.75) is 69.8 Å². The summed E-state index contributed by atoms with van der Waals surface area (Å²) in [6.07, 6.45) is 8.10. The van der Waals surface area contributed by atoms with Gasteiger partial charge < -0.3 is 15.2 Å². The van der Waals surface area contributed by atoms with E-state index in [9.17, 15) is 18.8 Å². The van der Waals surface area contributed by atoms with Crippen LogP contribution in [0.15, 0.2) is 29.3 Å². The van der Waals surface area contributed by atoms with Crippen LogP contribution in [0.1, 0.15) is 50.5 Å². The number of carbonyl (C=O) groups excluding carboxylic acids is 1. The van der Waals surface area contributed by atoms with Crippen molar-refractivity contribution in [3.63, 3.8) is 0 Å². The molecule has 5 aliphatic rings. The summed E-state index contributed by atoms with van der Waals surface area (Å²) >= 11 is 0. The second-order valence-electron chi connectivity index (χ2n) is 10.1. The molecule has 0 aromatic heterocycles. The van der Waals surface area contributed by atoms with E-state index in [4.69, 9.17) is 15.5 Å². The fourth-order valence-electron chi connectivity index (χ4n) is 6.53. The van der Waals surface area contributed by atoms with Crippen LogP contribution in [0.5, 0.6) is 5.75 Å². The number of nitriles is 1. The van der Waals surface area contributed by atoms with Gasteiger partial charge in [0.05, 0.1) is 12.6 Å². The normalized spacial score (nSPS) is 33.6. The van der Waals surface area contributed by atoms with Crippen molar-refractivity contribution in [3.8, 4) is 11.9 Å². The molecule has 1 amide bonds. The molecule has 176 valence electrons. The van der Waals surface area contributed by atoms with Gasteiger partial charge in [-0.25, -0.2) is 0 Å². The summed E-state index contributed by atoms with van der Waals surface area (Å²) in [4.78, 5) is 17.3. The highest BCUT2D eigenvalue weighted by atomic mass is 19.3. The van der Waals surface area contributed by atoms with Crippen LogP contribution in [-0.4, -0.2) is 30.0 Å². The number of hydrogen-bond donors (Lipinski definition) is 2. The largest absolute Gasteiger partial charge is 0.435 e. The summed E-state index contributed by atoms with van der Waals surface area (Å²) in [5.74, 6) is 1.63. The number of amides is 1. The number of nitrogens with one attached hydrogen (secondary N) is 1. The zero-order chi connectivity index (χ0) is 23.2. The minimum absolute atomic E-state index is 0.0664. The summed E-state index contributed by atoms with van der Waals surface area (Å²) in [6.45, 7) is -2.59. The van der Waals surface area contributed by atoms with E-state index in [1.54, 1.807) is 12.1 Å². The molecule has 5 saturated carbocycles. The Morgan fingerprint density at radius 1 is 1.21 bits per heavy atom. The molecule has 1 aromatic carbocycles. The quantitative estimate of drug-likeness (QED) is 0.268. The number of primary amides is 1. The van der Waals surface area contributed by atoms with E-state index in [0.29, 0.717) is 23.6 Å². The molecule has 0 saturated heterocycles. The third-order valence-electron chi connectivity index (χ3n) is 8.00. The lowest BCUT2D eigenvalue weighted by atomic mass is 9.48. The molecule has 3 N–H and O–H groups in total. The van der Waals surface area contributed by atoms with Crippen LogP contribution in [-0.2, 0) is 16.1 Å². The van der Waals surface area contributed by atoms with Crippen molar-refractivity contribution in [1.82, 2.24) is 5.32 Å². The van der Waals surface area contributed by atoms with Gasteiger partial charge in [0.25, 0.3) is 0 Å². The van der Waals surface area contributed by atoms with Crippen LogP contribution in [0.25, 0.3) is 0 Å². The summed E-state index contributed by atoms with van der Waals surface area (Å²) in [6, 6.07) is 6.40. The van der Waals surface area contributed by atoms with Crippen molar-refractivity contribution in [2.75, 3.05) is 0 Å². The van der Waals surface area contributed by atoms with E-state index in [1.165, 1.54) is 12.1 Å². The van der Waals surface area contributed by atoms with Crippen LogP contribution < -0.4 is 15.8 Å². The molecule has 5 aliphatic carbocycles. The van der Waals surface area contributed by atoms with Crippen molar-refractivity contribution < 1.29 is 23.0 Å². The van der Waals surface area contributed by atoms with Crippen LogP contribution in [0.2, 0.25) is 0 Å². The summed E-state index contributed by atoms with van der Waals surface area (Å²) in [7, 11) is 0. The maximum Gasteiger partial charge on any atom is 0.387 e. The fourth-order valence-corrected chi connectivity index (χ4v) is 6.53. The highest BCUT2D eigenvalue weighted by Crippen LogP contribution is 2.61. The lowest BCUT2D eigenvalue weighted by molar-refractivity contribution is -0.144. The second-order valence-corrected chi connectivity index (χ2v) is 10.1. The standard InChI is InChI=1S/C24H28F2N4O3/c25-22(26)33-18-3-1-14(2-4-18)12-32-24(5-6-24)21(29-13-27)30-19-16-7-15-8-17(19)11-23(9-15,10-16)20(28)31/h1-4,15-17,19,22H,5-12H2,(H2,28,31)(H,29,30). The van der Waals surface area contributed by atoms with E-state index in [0.717, 1.165) is 50.5 Å². The van der Waals surface area contributed by atoms with Crippen LogP contribution in [0, 0.1) is 34.6 Å². The van der Waals surface area contributed by atoms with Gasteiger partial charge in [0.15, 0.2) is 6.19 Å². The Bertz CT molecular complexity index is 970. The van der Waals surface area contributed by atoms with E-state index in [1.807, 2.05) is 6.19 Å². The number of aliphatic imine (C=N–C) groups is 1. The molecule has 33 heavy (non-hydrogen) atoms. The van der Waals surface area contributed by atoms with E-state index in [2.05, 4.69) is 10.1 Å². The Morgan fingerprint density at radius 3 is 2.42 bits per heavy atom. The van der Waals surface area contributed by atoms with Crippen LogP contribution in [0.3, 0.4) is 0 Å². The molecule has 1 aromatic rings. The van der Waals surface area contributed by atoms with Gasteiger partial charge in [0.2, 0.25) is 5.91 Å². The summed E-state index contributed by atoms with van der Waals surface area (Å²) < 4.78 is 35.3. The molecule has 7 nitrogen and oxygen atoms in total. The molecule has 4 bridgehead atoms. The lowest BCUT2D eigenvalue weighted by Crippen LogP contribution is -2.57. The number of ether oxygens (including phenoxy) is 2. The first-order valence-corrected chi connectivity index (χ1v) is 11.5. The van der Waals surface area contributed by atoms with Crippen molar-refractivity contribution in [3.05, 3.63) is 29.8 Å². The Kier molecular flexibility index (Phi) is 5.52. The first-order chi connectivity index (χ1) is 15.8. The van der Waals surface area contributed by atoms with E-state index >= 15 is 0 Å². The number of alkyl halides is 2. The molecule has 0 heterocycles. The number of halogens is 2. The second kappa shape index (κ2) is 8.24. The maximum absolute atomic E-state index is 12.3. The highest BCUT2D eigenvalue weighted by Gasteiger charge is 2.59. The molecule has 9 heteroatoms. The highest BCUT2D eigenvalue weighted by molar-refractivity contribution is 5.94. The molecule has 0 aliphatic heterocycles. The monoisotopic (exact) mass is 458 g/mol. The predicted octanol–water partition coefficient (Wildman–Crippen LogP) is 3.49. The maximum atomic E-state index is 12.3. The topological polar surface area (TPSA) is 110 Å². The number of benzene rings is 1. The van der Waals surface area contributed by atoms with Crippen molar-refractivity contribution >= 4 is 11.7 Å². The third kappa shape index (κ3) is 4.17. The Morgan fingerprint density at radius 2 is 1.88 bits per heavy atom. The van der Waals surface area contributed by atoms with Gasteiger partial charge in [-0.2, -0.15) is 14.0 Å². The summed E-state index contributed by atoms with van der Waals surface area (Å²) in [5, 5.41) is 12.2. The first-order valence-electron chi connectivity index (χ1n) is 11.5. The Labute approximate surface area is 191 Å². The van der Waals surface area contributed by atoms with Gasteiger partial charge in [-0.3, -0.25) is 15.1 Å².